The molecule has 2 aromatic rings. The van der Waals surface area contributed by atoms with Gasteiger partial charge in [0.2, 0.25) is 0 Å². The third-order valence-electron chi connectivity index (χ3n) is 4.33. The zero-order valence-corrected chi connectivity index (χ0v) is 16.5. The number of thiophene rings is 1. The number of benzene rings is 1. The third kappa shape index (κ3) is 6.24. The summed E-state index contributed by atoms with van der Waals surface area (Å²) in [6, 6.07) is 6.70. The Hall–Kier alpha value is -3.02. The SMILES string of the molecule is NC(=O)Nc1cc(C#Cc2cccc(F)c2)sc1C(=O)/N=C/C1CCCCNC1. The molecule has 3 rings (SSSR count). The van der Waals surface area contributed by atoms with Crippen molar-refractivity contribution >= 4 is 35.2 Å². The molecule has 1 aromatic carbocycles. The summed E-state index contributed by atoms with van der Waals surface area (Å²) >= 11 is 1.11. The Bertz CT molecular complexity index is 982. The van der Waals surface area contributed by atoms with Crippen LogP contribution >= 0.6 is 11.3 Å². The molecule has 8 heteroatoms. The predicted molar refractivity (Wildman–Crippen MR) is 113 cm³/mol. The fourth-order valence-corrected chi connectivity index (χ4v) is 3.80. The van der Waals surface area contributed by atoms with E-state index in [1.165, 1.54) is 12.1 Å². The number of aliphatic imine (C=N–C) groups is 1. The van der Waals surface area contributed by atoms with Gasteiger partial charge in [0.05, 0.1) is 10.6 Å². The maximum Gasteiger partial charge on any atom is 0.316 e. The summed E-state index contributed by atoms with van der Waals surface area (Å²) in [4.78, 5) is 28.8. The van der Waals surface area contributed by atoms with E-state index in [1.54, 1.807) is 24.4 Å². The van der Waals surface area contributed by atoms with E-state index in [-0.39, 0.29) is 22.3 Å². The van der Waals surface area contributed by atoms with Crippen LogP contribution in [0.5, 0.6) is 0 Å². The quantitative estimate of drug-likeness (QED) is 0.533. The Balaban J connectivity index is 1.81. The van der Waals surface area contributed by atoms with Gasteiger partial charge < -0.3 is 16.4 Å². The second kappa shape index (κ2) is 9.96. The predicted octanol–water partition coefficient (Wildman–Crippen LogP) is 3.38. The van der Waals surface area contributed by atoms with Crippen molar-refractivity contribution in [1.29, 1.82) is 0 Å². The Kier molecular flexibility index (Phi) is 7.11. The highest BCUT2D eigenvalue weighted by Crippen LogP contribution is 2.28. The van der Waals surface area contributed by atoms with Crippen LogP contribution < -0.4 is 16.4 Å². The van der Waals surface area contributed by atoms with Gasteiger partial charge in [0.15, 0.2) is 0 Å². The number of urea groups is 1. The summed E-state index contributed by atoms with van der Waals surface area (Å²) in [5.74, 6) is 5.09. The second-order valence-electron chi connectivity index (χ2n) is 6.65. The fraction of sp³-hybridized carbons (Fsp3) is 0.286. The zero-order chi connectivity index (χ0) is 20.6. The largest absolute Gasteiger partial charge is 0.351 e. The lowest BCUT2D eigenvalue weighted by Crippen LogP contribution is -2.22. The summed E-state index contributed by atoms with van der Waals surface area (Å²) in [6.45, 7) is 1.77. The first-order valence-electron chi connectivity index (χ1n) is 9.28. The van der Waals surface area contributed by atoms with Crippen LogP contribution in [0.25, 0.3) is 0 Å². The van der Waals surface area contributed by atoms with Gasteiger partial charge in [0.25, 0.3) is 5.91 Å². The first-order valence-corrected chi connectivity index (χ1v) is 10.1. The van der Waals surface area contributed by atoms with E-state index in [1.807, 2.05) is 0 Å². The molecule has 1 aromatic heterocycles. The van der Waals surface area contributed by atoms with Crippen LogP contribution in [-0.4, -0.2) is 31.2 Å². The molecule has 1 atom stereocenters. The molecule has 29 heavy (non-hydrogen) atoms. The van der Waals surface area contributed by atoms with Crippen LogP contribution in [-0.2, 0) is 0 Å². The summed E-state index contributed by atoms with van der Waals surface area (Å²) in [6.07, 6.45) is 4.85. The standard InChI is InChI=1S/C21H21FN4O2S/c22-16-6-3-5-14(10-16)7-8-17-11-18(26-21(23)28)19(29-17)20(27)25-13-15-4-1-2-9-24-12-15/h3,5-6,10-11,13,15,24H,1-2,4,9,12H2,(H3,23,26,28)/b25-13+. The number of nitrogens with two attached hydrogens (primary N) is 1. The summed E-state index contributed by atoms with van der Waals surface area (Å²) in [7, 11) is 0. The maximum absolute atomic E-state index is 13.3. The number of rotatable bonds is 3. The van der Waals surface area contributed by atoms with Crippen LogP contribution in [0.2, 0.25) is 0 Å². The first-order chi connectivity index (χ1) is 14.0. The molecular weight excluding hydrogens is 391 g/mol. The molecule has 1 fully saturated rings. The Morgan fingerprint density at radius 1 is 1.31 bits per heavy atom. The van der Waals surface area contributed by atoms with Gasteiger partial charge in [-0.15, -0.1) is 11.3 Å². The minimum Gasteiger partial charge on any atom is -0.351 e. The average molecular weight is 412 g/mol. The average Bonchev–Trinajstić information content (AvgIpc) is 2.90. The van der Waals surface area contributed by atoms with Crippen molar-refractivity contribution in [3.05, 3.63) is 51.5 Å². The van der Waals surface area contributed by atoms with E-state index < -0.39 is 11.9 Å². The van der Waals surface area contributed by atoms with Crippen molar-refractivity contribution in [3.63, 3.8) is 0 Å². The number of hydrogen-bond donors (Lipinski definition) is 3. The Morgan fingerprint density at radius 3 is 2.97 bits per heavy atom. The number of nitrogens with one attached hydrogen (secondary N) is 2. The molecule has 2 heterocycles. The lowest BCUT2D eigenvalue weighted by molar-refractivity contribution is 0.101. The van der Waals surface area contributed by atoms with Gasteiger partial charge in [-0.2, -0.15) is 0 Å². The van der Waals surface area contributed by atoms with Gasteiger partial charge in [0.1, 0.15) is 10.7 Å². The Morgan fingerprint density at radius 2 is 2.17 bits per heavy atom. The van der Waals surface area contributed by atoms with E-state index in [4.69, 9.17) is 5.73 Å². The van der Waals surface area contributed by atoms with Crippen LogP contribution in [0.1, 0.15) is 39.4 Å². The number of anilines is 1. The number of amides is 3. The molecule has 1 unspecified atom stereocenters. The molecule has 3 amide bonds. The highest BCUT2D eigenvalue weighted by Gasteiger charge is 2.17. The molecule has 0 radical (unpaired) electrons. The highest BCUT2D eigenvalue weighted by atomic mass is 32.1. The first kappa shape index (κ1) is 20.7. The number of nitrogens with zero attached hydrogens (tertiary/aromatic N) is 1. The highest BCUT2D eigenvalue weighted by molar-refractivity contribution is 7.15. The molecule has 6 nitrogen and oxygen atoms in total. The van der Waals surface area contributed by atoms with E-state index in [2.05, 4.69) is 27.5 Å². The second-order valence-corrected chi connectivity index (χ2v) is 7.70. The number of carbonyl (C=O) groups is 2. The van der Waals surface area contributed by atoms with E-state index in [0.717, 1.165) is 43.7 Å². The van der Waals surface area contributed by atoms with Gasteiger partial charge >= 0.3 is 6.03 Å². The van der Waals surface area contributed by atoms with Gasteiger partial charge in [0, 0.05) is 24.2 Å². The lowest BCUT2D eigenvalue weighted by atomic mass is 10.1. The minimum absolute atomic E-state index is 0.196. The molecule has 1 saturated heterocycles. The maximum atomic E-state index is 13.3. The summed E-state index contributed by atoms with van der Waals surface area (Å²) in [5, 5.41) is 5.76. The molecular formula is C21H21FN4O2S. The van der Waals surface area contributed by atoms with Crippen molar-refractivity contribution in [1.82, 2.24) is 5.32 Å². The van der Waals surface area contributed by atoms with Crippen LogP contribution in [0, 0.1) is 23.6 Å². The van der Waals surface area contributed by atoms with E-state index in [0.29, 0.717) is 10.4 Å². The van der Waals surface area contributed by atoms with Crippen molar-refractivity contribution in [2.75, 3.05) is 18.4 Å². The minimum atomic E-state index is -0.779. The van der Waals surface area contributed by atoms with Gasteiger partial charge in [-0.3, -0.25) is 4.79 Å². The third-order valence-corrected chi connectivity index (χ3v) is 5.36. The fourth-order valence-electron chi connectivity index (χ4n) is 2.94. The summed E-state index contributed by atoms with van der Waals surface area (Å²) in [5.41, 5.74) is 5.99. The molecule has 1 aliphatic rings. The molecule has 0 spiro atoms. The monoisotopic (exact) mass is 412 g/mol. The summed E-state index contributed by atoms with van der Waals surface area (Å²) < 4.78 is 13.3. The number of hydrogen-bond acceptors (Lipinski definition) is 4. The topological polar surface area (TPSA) is 96.6 Å². The van der Waals surface area contributed by atoms with Crippen molar-refractivity contribution in [3.8, 4) is 11.8 Å². The molecule has 1 aliphatic heterocycles. The van der Waals surface area contributed by atoms with E-state index >= 15 is 0 Å². The molecule has 0 saturated carbocycles. The van der Waals surface area contributed by atoms with Gasteiger partial charge in [-0.1, -0.05) is 24.3 Å². The normalized spacial score (nSPS) is 16.7. The van der Waals surface area contributed by atoms with Gasteiger partial charge in [-0.05, 0) is 43.7 Å². The number of carbonyl (C=O) groups excluding carboxylic acids is 2. The van der Waals surface area contributed by atoms with Crippen molar-refractivity contribution in [2.24, 2.45) is 16.6 Å². The lowest BCUT2D eigenvalue weighted by Gasteiger charge is -2.07. The van der Waals surface area contributed by atoms with Crippen LogP contribution in [0.15, 0.2) is 35.3 Å². The van der Waals surface area contributed by atoms with Crippen LogP contribution in [0.3, 0.4) is 0 Å². The molecule has 150 valence electrons. The van der Waals surface area contributed by atoms with E-state index in [9.17, 15) is 14.0 Å². The number of primary amides is 1. The zero-order valence-electron chi connectivity index (χ0n) is 15.7. The smallest absolute Gasteiger partial charge is 0.316 e. The molecule has 4 N–H and O–H groups in total. The number of halogens is 1. The van der Waals surface area contributed by atoms with Gasteiger partial charge in [-0.25, -0.2) is 14.2 Å². The molecule has 0 bridgehead atoms. The molecule has 0 aliphatic carbocycles. The van der Waals surface area contributed by atoms with Crippen molar-refractivity contribution < 1.29 is 14.0 Å². The van der Waals surface area contributed by atoms with Crippen LogP contribution in [0.4, 0.5) is 14.9 Å². The van der Waals surface area contributed by atoms with Crippen molar-refractivity contribution in [2.45, 2.75) is 19.3 Å². The Labute approximate surface area is 172 Å².